The van der Waals surface area contributed by atoms with E-state index in [1.54, 1.807) is 0 Å². The first-order valence-electron chi connectivity index (χ1n) is 10.5. The van der Waals surface area contributed by atoms with Gasteiger partial charge in [0.1, 0.15) is 6.04 Å². The van der Waals surface area contributed by atoms with Gasteiger partial charge in [0, 0.05) is 36.9 Å². The summed E-state index contributed by atoms with van der Waals surface area (Å²) in [6.45, 7) is 4.17. The molecule has 2 aliphatic heterocycles. The third-order valence-electron chi connectivity index (χ3n) is 5.93. The number of unbranched alkanes of at least 4 members (excludes halogenated alkanes) is 1. The van der Waals surface area contributed by atoms with Crippen LogP contribution in [0.15, 0.2) is 30.6 Å². The standard InChI is InChI=1S/C22H30N4O2.3ClH/c1-2-3-12-28-22(27)21(25-11-10-17(23)14-25)13-18-20-9-8-16-6-4-5-7-19(16)26(20)15-24-18;;;/h4-7,15,17,21H,2-3,8-14,23H2,1H3;3*1H/t17-,21-;;;/m0.../s1. The van der Waals surface area contributed by atoms with Crippen molar-refractivity contribution in [3.63, 3.8) is 0 Å². The number of para-hydroxylation sites is 1. The maximum Gasteiger partial charge on any atom is 0.323 e. The van der Waals surface area contributed by atoms with Crippen LogP contribution in [0, 0.1) is 0 Å². The summed E-state index contributed by atoms with van der Waals surface area (Å²) >= 11 is 0. The molecule has 2 atom stereocenters. The van der Waals surface area contributed by atoms with Crippen LogP contribution in [0.25, 0.3) is 5.69 Å². The van der Waals surface area contributed by atoms with Crippen LogP contribution in [0.4, 0.5) is 0 Å². The molecule has 174 valence electrons. The Kier molecular flexibility index (Phi) is 11.3. The first kappa shape index (κ1) is 27.7. The summed E-state index contributed by atoms with van der Waals surface area (Å²) in [5.41, 5.74) is 10.9. The highest BCUT2D eigenvalue weighted by atomic mass is 35.5. The van der Waals surface area contributed by atoms with Crippen LogP contribution in [0.1, 0.15) is 43.1 Å². The first-order valence-corrected chi connectivity index (χ1v) is 10.5. The monoisotopic (exact) mass is 490 g/mol. The van der Waals surface area contributed by atoms with E-state index in [1.165, 1.54) is 16.9 Å². The van der Waals surface area contributed by atoms with E-state index in [0.717, 1.165) is 50.9 Å². The van der Waals surface area contributed by atoms with Gasteiger partial charge in [-0.25, -0.2) is 4.98 Å². The Hall–Kier alpha value is -1.31. The minimum absolute atomic E-state index is 0. The summed E-state index contributed by atoms with van der Waals surface area (Å²) in [5, 5.41) is 0. The number of carbonyl (C=O) groups excluding carboxylic acids is 1. The Morgan fingerprint density at radius 3 is 2.74 bits per heavy atom. The van der Waals surface area contributed by atoms with Gasteiger partial charge in [0.15, 0.2) is 0 Å². The quantitative estimate of drug-likeness (QED) is 0.474. The molecule has 31 heavy (non-hydrogen) atoms. The number of nitrogens with two attached hydrogens (primary N) is 1. The van der Waals surface area contributed by atoms with Gasteiger partial charge in [0.25, 0.3) is 0 Å². The van der Waals surface area contributed by atoms with Crippen LogP contribution in [-0.4, -0.2) is 52.2 Å². The van der Waals surface area contributed by atoms with E-state index >= 15 is 0 Å². The van der Waals surface area contributed by atoms with Gasteiger partial charge in [0.2, 0.25) is 0 Å². The number of hydrogen-bond donors (Lipinski definition) is 1. The zero-order valence-corrected chi connectivity index (χ0v) is 20.3. The normalized spacial score (nSPS) is 17.9. The number of aromatic nitrogens is 2. The first-order chi connectivity index (χ1) is 13.7. The zero-order chi connectivity index (χ0) is 19.5. The van der Waals surface area contributed by atoms with Crippen molar-refractivity contribution in [3.05, 3.63) is 47.5 Å². The van der Waals surface area contributed by atoms with Crippen LogP contribution in [-0.2, 0) is 28.8 Å². The van der Waals surface area contributed by atoms with E-state index in [0.29, 0.717) is 13.0 Å². The average molecular weight is 492 g/mol. The number of halogens is 3. The predicted octanol–water partition coefficient (Wildman–Crippen LogP) is 3.52. The minimum Gasteiger partial charge on any atom is -0.465 e. The molecule has 0 bridgehead atoms. The largest absolute Gasteiger partial charge is 0.465 e. The summed E-state index contributed by atoms with van der Waals surface area (Å²) in [7, 11) is 0. The van der Waals surface area contributed by atoms with Gasteiger partial charge in [-0.2, -0.15) is 0 Å². The van der Waals surface area contributed by atoms with Crippen molar-refractivity contribution in [3.8, 4) is 5.69 Å². The molecule has 6 nitrogen and oxygen atoms in total. The number of carbonyl (C=O) groups is 1. The zero-order valence-electron chi connectivity index (χ0n) is 17.9. The van der Waals surface area contributed by atoms with Crippen LogP contribution < -0.4 is 5.73 Å². The molecule has 0 spiro atoms. The molecular formula is C22H33Cl3N4O2. The van der Waals surface area contributed by atoms with Gasteiger partial charge in [-0.15, -0.1) is 37.2 Å². The summed E-state index contributed by atoms with van der Waals surface area (Å²) in [6, 6.07) is 8.29. The highest BCUT2D eigenvalue weighted by Gasteiger charge is 2.34. The van der Waals surface area contributed by atoms with Crippen molar-refractivity contribution < 1.29 is 9.53 Å². The summed E-state index contributed by atoms with van der Waals surface area (Å²) in [5.74, 6) is -0.138. The highest BCUT2D eigenvalue weighted by Crippen LogP contribution is 2.27. The average Bonchev–Trinajstić information content (AvgIpc) is 3.32. The van der Waals surface area contributed by atoms with Crippen LogP contribution in [0.5, 0.6) is 0 Å². The number of rotatable bonds is 7. The Labute approximate surface area is 203 Å². The molecule has 0 amide bonds. The maximum absolute atomic E-state index is 12.9. The van der Waals surface area contributed by atoms with E-state index < -0.39 is 0 Å². The number of likely N-dealkylation sites (tertiary alicyclic amines) is 1. The minimum atomic E-state index is -0.304. The number of esters is 1. The Morgan fingerprint density at radius 1 is 1.26 bits per heavy atom. The number of benzene rings is 1. The lowest BCUT2D eigenvalue weighted by molar-refractivity contribution is -0.149. The SMILES string of the molecule is CCCCOC(=O)[C@H](Cc1ncn2c1CCc1ccccc1-2)N1CC[C@H](N)C1.Cl.Cl.Cl. The molecule has 3 heterocycles. The van der Waals surface area contributed by atoms with E-state index in [2.05, 4.69) is 40.7 Å². The van der Waals surface area contributed by atoms with Crippen LogP contribution in [0.2, 0.25) is 0 Å². The Bertz CT molecular complexity index is 846. The molecule has 0 aliphatic carbocycles. The molecule has 1 saturated heterocycles. The number of aryl methyl sites for hydroxylation is 1. The lowest BCUT2D eigenvalue weighted by Crippen LogP contribution is -2.44. The number of hydrogen-bond acceptors (Lipinski definition) is 5. The maximum atomic E-state index is 12.9. The van der Waals surface area contributed by atoms with Gasteiger partial charge in [-0.1, -0.05) is 31.5 Å². The molecule has 4 rings (SSSR count). The molecule has 1 aromatic heterocycles. The lowest BCUT2D eigenvalue weighted by Gasteiger charge is -2.26. The number of imidazole rings is 1. The van der Waals surface area contributed by atoms with Crippen LogP contribution >= 0.6 is 37.2 Å². The molecule has 9 heteroatoms. The molecule has 2 aliphatic rings. The second-order valence-electron chi connectivity index (χ2n) is 7.92. The second kappa shape index (κ2) is 12.7. The van der Waals surface area contributed by atoms with E-state index in [4.69, 9.17) is 15.5 Å². The lowest BCUT2D eigenvalue weighted by atomic mass is 9.98. The van der Waals surface area contributed by atoms with Gasteiger partial charge < -0.3 is 15.0 Å². The summed E-state index contributed by atoms with van der Waals surface area (Å²) in [4.78, 5) is 19.8. The fraction of sp³-hybridized carbons (Fsp3) is 0.545. The van der Waals surface area contributed by atoms with Crippen LogP contribution in [0.3, 0.4) is 0 Å². The number of ether oxygens (including phenoxy) is 1. The number of nitrogens with zero attached hydrogens (tertiary/aromatic N) is 3. The molecule has 2 aromatic rings. The second-order valence-corrected chi connectivity index (χ2v) is 7.92. The number of fused-ring (bicyclic) bond motifs is 3. The van der Waals surface area contributed by atoms with Gasteiger partial charge >= 0.3 is 5.97 Å². The Balaban J connectivity index is 0.00000160. The van der Waals surface area contributed by atoms with Gasteiger partial charge in [0.05, 0.1) is 18.6 Å². The smallest absolute Gasteiger partial charge is 0.323 e. The molecular weight excluding hydrogens is 459 g/mol. The van der Waals surface area contributed by atoms with Crippen molar-refractivity contribution in [1.29, 1.82) is 0 Å². The molecule has 2 N–H and O–H groups in total. The van der Waals surface area contributed by atoms with Crippen molar-refractivity contribution in [1.82, 2.24) is 14.5 Å². The Morgan fingerprint density at radius 2 is 2.03 bits per heavy atom. The molecule has 0 radical (unpaired) electrons. The third kappa shape index (κ3) is 6.14. The predicted molar refractivity (Wildman–Crippen MR) is 130 cm³/mol. The highest BCUT2D eigenvalue weighted by molar-refractivity contribution is 5.86. The van der Waals surface area contributed by atoms with Gasteiger partial charge in [-0.05, 0) is 37.3 Å². The van der Waals surface area contributed by atoms with Crippen molar-refractivity contribution >= 4 is 43.2 Å². The molecule has 0 saturated carbocycles. The molecule has 1 aromatic carbocycles. The van der Waals surface area contributed by atoms with Crippen molar-refractivity contribution in [2.24, 2.45) is 5.73 Å². The fourth-order valence-electron chi connectivity index (χ4n) is 4.32. The summed E-state index contributed by atoms with van der Waals surface area (Å²) < 4.78 is 7.77. The fourth-order valence-corrected chi connectivity index (χ4v) is 4.32. The third-order valence-corrected chi connectivity index (χ3v) is 5.93. The van der Waals surface area contributed by atoms with Gasteiger partial charge in [-0.3, -0.25) is 9.69 Å². The molecule has 1 fully saturated rings. The topological polar surface area (TPSA) is 73.4 Å². The molecule has 0 unspecified atom stereocenters. The van der Waals surface area contributed by atoms with Crippen molar-refractivity contribution in [2.75, 3.05) is 19.7 Å². The van der Waals surface area contributed by atoms with E-state index in [9.17, 15) is 4.79 Å². The summed E-state index contributed by atoms with van der Waals surface area (Å²) in [6.07, 6.45) is 7.28. The van der Waals surface area contributed by atoms with E-state index in [-0.39, 0.29) is 55.3 Å². The van der Waals surface area contributed by atoms with Crippen molar-refractivity contribution in [2.45, 2.75) is 57.5 Å². The van der Waals surface area contributed by atoms with E-state index in [1.807, 2.05) is 6.33 Å².